The maximum absolute atomic E-state index is 11.3. The van der Waals surface area contributed by atoms with Crippen LogP contribution in [0.4, 0.5) is 13.2 Å². The van der Waals surface area contributed by atoms with Gasteiger partial charge in [0, 0.05) is 0 Å². The molecule has 50 valence electrons. The minimum atomic E-state index is -4.54. The Balaban J connectivity index is 4.02. The van der Waals surface area contributed by atoms with E-state index < -0.39 is 8.52 Å². The van der Waals surface area contributed by atoms with Gasteiger partial charge in [-0.1, -0.05) is 23.2 Å². The molecule has 0 rings (SSSR count). The Hall–Kier alpha value is 1.10. The summed E-state index contributed by atoms with van der Waals surface area (Å²) in [6, 6.07) is 0. The lowest BCUT2D eigenvalue weighted by molar-refractivity contribution is -0.119. The zero-order chi connectivity index (χ0) is 7.00. The first-order valence-electron chi connectivity index (χ1n) is 1.38. The average molecular weight is 279 g/mol. The fourth-order valence-electron chi connectivity index (χ4n) is 0. The second kappa shape index (κ2) is 2.38. The number of halogens is 6. The molecule has 6 heteroatoms. The third-order valence-corrected chi connectivity index (χ3v) is 1.36. The second-order valence-electron chi connectivity index (χ2n) is 0.996. The minimum Gasteiger partial charge on any atom is -0.167 e. The van der Waals surface area contributed by atoms with E-state index in [2.05, 4.69) is 23.2 Å². The van der Waals surface area contributed by atoms with Gasteiger partial charge < -0.3 is 0 Å². The molecule has 0 unspecified atom stereocenters. The van der Waals surface area contributed by atoms with Crippen molar-refractivity contribution in [2.24, 2.45) is 0 Å². The van der Waals surface area contributed by atoms with Crippen LogP contribution in [0.25, 0.3) is 0 Å². The highest BCUT2D eigenvalue weighted by Gasteiger charge is 2.50. The van der Waals surface area contributed by atoms with E-state index in [1.165, 1.54) is 0 Å². The van der Waals surface area contributed by atoms with Gasteiger partial charge in [0.2, 0.25) is 0 Å². The molecule has 0 amide bonds. The summed E-state index contributed by atoms with van der Waals surface area (Å²) >= 11 is 10.2. The monoisotopic (exact) mass is 278 g/mol. The van der Waals surface area contributed by atoms with E-state index in [0.29, 0.717) is 0 Å². The zero-order valence-corrected chi connectivity index (χ0v) is 6.94. The summed E-state index contributed by atoms with van der Waals surface area (Å²) in [5, 5.41) is 0. The summed E-state index contributed by atoms with van der Waals surface area (Å²) in [5.74, 6) is 0. The molecular weight excluding hydrogens is 279 g/mol. The lowest BCUT2D eigenvalue weighted by Crippen LogP contribution is -2.26. The Morgan fingerprint density at radius 1 is 1.12 bits per heavy atom. The molecule has 0 N–H and O–H groups in total. The molecule has 0 saturated carbocycles. The first-order valence-corrected chi connectivity index (χ1v) is 3.22. The van der Waals surface area contributed by atoms with Crippen LogP contribution >= 0.6 is 45.8 Å². The lowest BCUT2D eigenvalue weighted by atomic mass is 10.8. The smallest absolute Gasteiger partial charge is 0.167 e. The van der Waals surface area contributed by atoms with Gasteiger partial charge in [-0.2, -0.15) is 13.2 Å². The van der Waals surface area contributed by atoms with Gasteiger partial charge in [0.25, 0.3) is 2.34 Å². The average Bonchev–Trinajstić information content (AvgIpc) is 1.25. The molecule has 0 aromatic rings. The Bertz CT molecular complexity index is 70.3. The molecule has 0 aromatic carbocycles. The molecule has 0 aliphatic heterocycles. The van der Waals surface area contributed by atoms with E-state index in [1.807, 2.05) is 0 Å². The number of rotatable bonds is 0. The van der Waals surface area contributed by atoms with Crippen LogP contribution in [0.3, 0.4) is 0 Å². The summed E-state index contributed by atoms with van der Waals surface area (Å²) in [5.41, 5.74) is 0. The van der Waals surface area contributed by atoms with Gasteiger partial charge in [0.1, 0.15) is 0 Å². The van der Waals surface area contributed by atoms with Crippen molar-refractivity contribution in [1.82, 2.24) is 0 Å². The van der Waals surface area contributed by atoms with E-state index in [-0.39, 0.29) is 0 Å². The molecule has 0 saturated heterocycles. The highest BCUT2D eigenvalue weighted by molar-refractivity contribution is 14.1. The van der Waals surface area contributed by atoms with Crippen molar-refractivity contribution in [3.8, 4) is 0 Å². The van der Waals surface area contributed by atoms with Crippen molar-refractivity contribution in [1.29, 1.82) is 0 Å². The van der Waals surface area contributed by atoms with Crippen LogP contribution in [0.5, 0.6) is 0 Å². The topological polar surface area (TPSA) is 0 Å². The molecule has 0 bridgehead atoms. The van der Waals surface area contributed by atoms with Gasteiger partial charge in [0.05, 0.1) is 0 Å². The van der Waals surface area contributed by atoms with E-state index >= 15 is 0 Å². The van der Waals surface area contributed by atoms with E-state index in [9.17, 15) is 13.2 Å². The maximum atomic E-state index is 11.3. The van der Waals surface area contributed by atoms with Crippen molar-refractivity contribution < 1.29 is 13.2 Å². The number of alkyl halides is 6. The molecule has 0 fully saturated rings. The standard InChI is InChI=1S/C2Cl2F3I/c3-1(4,8)2(5,6)7. The van der Waals surface area contributed by atoms with Crippen molar-refractivity contribution in [3.05, 3.63) is 0 Å². The SMILES string of the molecule is FC(F)(F)C(Cl)(Cl)I. The van der Waals surface area contributed by atoms with Crippen molar-refractivity contribution in [2.75, 3.05) is 0 Å². The summed E-state index contributed by atoms with van der Waals surface area (Å²) < 4.78 is 31.2. The molecule has 0 aliphatic carbocycles. The van der Waals surface area contributed by atoms with Crippen LogP contribution in [0.2, 0.25) is 0 Å². The van der Waals surface area contributed by atoms with Gasteiger partial charge in [-0.15, -0.1) is 0 Å². The molecular formula is C2Cl2F3I. The molecule has 0 nitrogen and oxygen atoms in total. The number of hydrogen-bond donors (Lipinski definition) is 0. The molecule has 0 heterocycles. The molecule has 0 spiro atoms. The fraction of sp³-hybridized carbons (Fsp3) is 1.00. The summed E-state index contributed by atoms with van der Waals surface area (Å²) in [4.78, 5) is 0. The summed E-state index contributed by atoms with van der Waals surface area (Å²) in [6.07, 6.45) is -4.54. The Labute approximate surface area is 67.5 Å². The molecule has 0 aliphatic rings. The van der Waals surface area contributed by atoms with Crippen LogP contribution in [-0.2, 0) is 0 Å². The Morgan fingerprint density at radius 2 is 1.25 bits per heavy atom. The molecule has 8 heavy (non-hydrogen) atoms. The van der Waals surface area contributed by atoms with Gasteiger partial charge in [-0.05, 0) is 22.6 Å². The van der Waals surface area contributed by atoms with Crippen molar-refractivity contribution >= 4 is 45.8 Å². The highest BCUT2D eigenvalue weighted by Crippen LogP contribution is 2.44. The van der Waals surface area contributed by atoms with Crippen LogP contribution < -0.4 is 0 Å². The maximum Gasteiger partial charge on any atom is 0.430 e. The Morgan fingerprint density at radius 3 is 1.25 bits per heavy atom. The fourth-order valence-corrected chi connectivity index (χ4v) is 0. The van der Waals surface area contributed by atoms with E-state index in [4.69, 9.17) is 0 Å². The molecule has 0 atom stereocenters. The Kier molecular flexibility index (Phi) is 2.71. The first kappa shape index (κ1) is 9.10. The third-order valence-electron chi connectivity index (χ3n) is 0.321. The number of hydrogen-bond acceptors (Lipinski definition) is 0. The predicted molar refractivity (Wildman–Crippen MR) is 34.5 cm³/mol. The predicted octanol–water partition coefficient (Wildman–Crippen LogP) is 3.12. The zero-order valence-electron chi connectivity index (χ0n) is 3.27. The van der Waals surface area contributed by atoms with Crippen molar-refractivity contribution in [3.63, 3.8) is 0 Å². The largest absolute Gasteiger partial charge is 0.430 e. The van der Waals surface area contributed by atoms with E-state index in [0.717, 1.165) is 22.6 Å². The van der Waals surface area contributed by atoms with Crippen LogP contribution in [0.15, 0.2) is 0 Å². The lowest BCUT2D eigenvalue weighted by Gasteiger charge is -2.14. The van der Waals surface area contributed by atoms with Gasteiger partial charge in [0.15, 0.2) is 0 Å². The summed E-state index contributed by atoms with van der Waals surface area (Å²) in [7, 11) is 0. The quantitative estimate of drug-likeness (QED) is 0.472. The van der Waals surface area contributed by atoms with Gasteiger partial charge in [-0.25, -0.2) is 0 Å². The first-order chi connectivity index (χ1) is 3.25. The van der Waals surface area contributed by atoms with Gasteiger partial charge in [-0.3, -0.25) is 0 Å². The summed E-state index contributed by atoms with van der Waals surface area (Å²) in [6.45, 7) is 0. The van der Waals surface area contributed by atoms with Crippen LogP contribution in [-0.4, -0.2) is 8.52 Å². The molecule has 0 radical (unpaired) electrons. The van der Waals surface area contributed by atoms with Crippen LogP contribution in [0, 0.1) is 0 Å². The minimum absolute atomic E-state index is 0.889. The van der Waals surface area contributed by atoms with E-state index in [1.54, 1.807) is 0 Å². The van der Waals surface area contributed by atoms with Gasteiger partial charge >= 0.3 is 6.18 Å². The second-order valence-corrected chi connectivity index (χ2v) is 5.22. The third kappa shape index (κ3) is 2.59. The molecule has 0 aromatic heterocycles. The van der Waals surface area contributed by atoms with Crippen LogP contribution in [0.1, 0.15) is 0 Å². The highest BCUT2D eigenvalue weighted by atomic mass is 127. The van der Waals surface area contributed by atoms with Crippen molar-refractivity contribution in [2.45, 2.75) is 8.52 Å². The normalized spacial score (nSPS) is 14.2.